The van der Waals surface area contributed by atoms with Crippen molar-refractivity contribution in [1.82, 2.24) is 4.90 Å². The molecule has 3 aromatic carbocycles. The second kappa shape index (κ2) is 10.8. The molecule has 0 atom stereocenters. The highest BCUT2D eigenvalue weighted by atomic mass is 32.2. The van der Waals surface area contributed by atoms with Crippen LogP contribution in [-0.4, -0.2) is 57.2 Å². The Morgan fingerprint density at radius 1 is 0.872 bits per heavy atom. The van der Waals surface area contributed by atoms with E-state index in [9.17, 15) is 22.8 Å². The Hall–Kier alpha value is -4.28. The Balaban J connectivity index is 1.28. The van der Waals surface area contributed by atoms with Gasteiger partial charge < -0.3 is 14.5 Å². The van der Waals surface area contributed by atoms with Crippen LogP contribution < -0.4 is 10.0 Å². The number of ketones is 2. The molecule has 0 aromatic heterocycles. The molecule has 0 spiro atoms. The van der Waals surface area contributed by atoms with Crippen LogP contribution in [-0.2, 0) is 27.8 Å². The fraction of sp³-hybridized carbons (Fsp3) is 0.207. The first-order valence-corrected chi connectivity index (χ1v) is 14.0. The molecule has 1 saturated heterocycles. The number of amides is 1. The molecular formula is C29H27N3O6S. The van der Waals surface area contributed by atoms with Crippen molar-refractivity contribution in [3.8, 4) is 0 Å². The topological polar surface area (TPSA) is 127 Å². The van der Waals surface area contributed by atoms with Crippen LogP contribution in [0.5, 0.6) is 0 Å². The molecule has 2 N–H and O–H groups in total. The van der Waals surface area contributed by atoms with Crippen LogP contribution in [0.3, 0.4) is 0 Å². The highest BCUT2D eigenvalue weighted by Gasteiger charge is 2.31. The second-order valence-electron chi connectivity index (χ2n) is 9.41. The van der Waals surface area contributed by atoms with Gasteiger partial charge in [-0.1, -0.05) is 60.7 Å². The summed E-state index contributed by atoms with van der Waals surface area (Å²) in [6, 6.07) is 21.2. The smallest absolute Gasteiger partial charge is 0.410 e. The molecule has 1 fully saturated rings. The lowest BCUT2D eigenvalue weighted by Gasteiger charge is -2.36. The monoisotopic (exact) mass is 545 g/mol. The zero-order valence-electron chi connectivity index (χ0n) is 21.1. The van der Waals surface area contributed by atoms with E-state index in [2.05, 4.69) is 4.90 Å². The van der Waals surface area contributed by atoms with Crippen molar-refractivity contribution in [3.63, 3.8) is 0 Å². The van der Waals surface area contributed by atoms with Crippen LogP contribution in [0.2, 0.25) is 0 Å². The first kappa shape index (κ1) is 26.3. The third-order valence-corrected chi connectivity index (χ3v) is 7.83. The van der Waals surface area contributed by atoms with Gasteiger partial charge >= 0.3 is 6.09 Å². The zero-order valence-corrected chi connectivity index (χ0v) is 21.9. The van der Waals surface area contributed by atoms with Gasteiger partial charge in [-0.05, 0) is 29.3 Å². The third-order valence-electron chi connectivity index (χ3n) is 6.88. The van der Waals surface area contributed by atoms with Gasteiger partial charge in [-0.3, -0.25) is 9.59 Å². The molecule has 1 aliphatic carbocycles. The normalized spacial score (nSPS) is 15.6. The first-order chi connectivity index (χ1) is 18.7. The number of ether oxygens (including phenoxy) is 1. The number of nitrogens with two attached hydrogens (primary N) is 1. The Morgan fingerprint density at radius 3 is 2.28 bits per heavy atom. The maximum atomic E-state index is 13.3. The van der Waals surface area contributed by atoms with Crippen LogP contribution in [0, 0.1) is 0 Å². The molecule has 200 valence electrons. The molecule has 0 saturated carbocycles. The Labute approximate surface area is 226 Å². The number of hydrogen-bond donors (Lipinski definition) is 1. The van der Waals surface area contributed by atoms with Crippen LogP contribution in [0.25, 0.3) is 0 Å². The minimum absolute atomic E-state index is 0.0316. The maximum absolute atomic E-state index is 13.3. The van der Waals surface area contributed by atoms with Gasteiger partial charge in [0.05, 0.1) is 10.5 Å². The average Bonchev–Trinajstić information content (AvgIpc) is 2.94. The molecule has 1 amide bonds. The predicted molar refractivity (Wildman–Crippen MR) is 145 cm³/mol. The van der Waals surface area contributed by atoms with Crippen LogP contribution in [0.1, 0.15) is 31.8 Å². The second-order valence-corrected chi connectivity index (χ2v) is 10.9. The summed E-state index contributed by atoms with van der Waals surface area (Å²) in [5.74, 6) is -0.972. The largest absolute Gasteiger partial charge is 0.445 e. The van der Waals surface area contributed by atoms with E-state index in [4.69, 9.17) is 9.88 Å². The van der Waals surface area contributed by atoms with Gasteiger partial charge in [0, 0.05) is 49.4 Å². The van der Waals surface area contributed by atoms with Crippen LogP contribution in [0.4, 0.5) is 10.5 Å². The van der Waals surface area contributed by atoms with Crippen molar-refractivity contribution in [3.05, 3.63) is 107 Å². The van der Waals surface area contributed by atoms with Crippen LogP contribution in [0.15, 0.2) is 89.3 Å². The van der Waals surface area contributed by atoms with Gasteiger partial charge in [-0.25, -0.2) is 18.4 Å². The number of carbonyl (C=O) groups is 3. The molecule has 39 heavy (non-hydrogen) atoms. The lowest BCUT2D eigenvalue weighted by molar-refractivity contribution is 0.0941. The molecule has 0 radical (unpaired) electrons. The molecule has 9 nitrogen and oxygen atoms in total. The first-order valence-electron chi connectivity index (χ1n) is 12.5. The molecule has 1 aliphatic heterocycles. The Kier molecular flexibility index (Phi) is 7.32. The lowest BCUT2D eigenvalue weighted by atomic mass is 9.86. The third kappa shape index (κ3) is 5.62. The standard InChI is InChI=1S/C29H27N3O6S/c30-39(36,37)26-12-6-10-23-27(26)25(33)18-22(28(23)34)17-21-9-4-5-11-24(21)31-13-15-32(16-14-31)29(35)38-19-20-7-2-1-3-8-20/h1-12,18H,13-17,19H2,(H2,30,36,37). The predicted octanol–water partition coefficient (Wildman–Crippen LogP) is 3.34. The number of para-hydroxylation sites is 1. The van der Waals surface area contributed by atoms with Gasteiger partial charge in [0.15, 0.2) is 11.6 Å². The summed E-state index contributed by atoms with van der Waals surface area (Å²) in [5, 5.41) is 5.27. The van der Waals surface area contributed by atoms with Gasteiger partial charge in [-0.15, -0.1) is 0 Å². The fourth-order valence-corrected chi connectivity index (χ4v) is 5.69. The highest BCUT2D eigenvalue weighted by molar-refractivity contribution is 7.89. The van der Waals surface area contributed by atoms with Gasteiger partial charge in [0.1, 0.15) is 6.61 Å². The quantitative estimate of drug-likeness (QED) is 0.503. The Morgan fingerprint density at radius 2 is 1.56 bits per heavy atom. The lowest BCUT2D eigenvalue weighted by Crippen LogP contribution is -2.49. The van der Waals surface area contributed by atoms with Crippen molar-refractivity contribution in [1.29, 1.82) is 0 Å². The number of primary sulfonamides is 1. The summed E-state index contributed by atoms with van der Waals surface area (Å²) < 4.78 is 29.4. The molecule has 5 rings (SSSR count). The number of fused-ring (bicyclic) bond motifs is 1. The Bertz CT molecular complexity index is 1580. The van der Waals surface area contributed by atoms with Crippen LogP contribution >= 0.6 is 0 Å². The SMILES string of the molecule is NS(=O)(=O)c1cccc2c1C(=O)C=C(Cc1ccccc1N1CCN(C(=O)OCc3ccccc3)CC1)C2=O. The van der Waals surface area contributed by atoms with Gasteiger partial charge in [0.2, 0.25) is 10.0 Å². The number of carbonyl (C=O) groups excluding carboxylic acids is 3. The van der Waals surface area contributed by atoms with E-state index >= 15 is 0 Å². The number of sulfonamides is 1. The van der Waals surface area contributed by atoms with Crippen molar-refractivity contribution < 1.29 is 27.5 Å². The molecule has 2 aliphatic rings. The van der Waals surface area contributed by atoms with Gasteiger partial charge in [0.25, 0.3) is 0 Å². The summed E-state index contributed by atoms with van der Waals surface area (Å²) in [5.41, 5.74) is 2.79. The minimum atomic E-state index is -4.17. The number of rotatable bonds is 6. The molecule has 0 unspecified atom stereocenters. The van der Waals surface area contributed by atoms with E-state index in [1.54, 1.807) is 4.90 Å². The number of anilines is 1. The summed E-state index contributed by atoms with van der Waals surface area (Å²) in [6.07, 6.45) is 1.04. The summed E-state index contributed by atoms with van der Waals surface area (Å²) >= 11 is 0. The van der Waals surface area contributed by atoms with E-state index in [-0.39, 0.29) is 40.7 Å². The molecule has 3 aromatic rings. The number of hydrogen-bond acceptors (Lipinski definition) is 7. The van der Waals surface area contributed by atoms with Crippen molar-refractivity contribution >= 4 is 33.4 Å². The number of benzene rings is 3. The van der Waals surface area contributed by atoms with E-state index in [0.29, 0.717) is 26.2 Å². The summed E-state index contributed by atoms with van der Waals surface area (Å²) in [7, 11) is -4.17. The maximum Gasteiger partial charge on any atom is 0.410 e. The number of nitrogens with zero attached hydrogens (tertiary/aromatic N) is 2. The van der Waals surface area contributed by atoms with Gasteiger partial charge in [-0.2, -0.15) is 0 Å². The highest BCUT2D eigenvalue weighted by Crippen LogP contribution is 2.31. The van der Waals surface area contributed by atoms with E-state index in [1.165, 1.54) is 24.3 Å². The number of allylic oxidation sites excluding steroid dienone is 2. The van der Waals surface area contributed by atoms with Crippen molar-refractivity contribution in [2.24, 2.45) is 5.14 Å². The van der Waals surface area contributed by atoms with Crippen molar-refractivity contribution in [2.45, 2.75) is 17.9 Å². The van der Waals surface area contributed by atoms with Crippen molar-refractivity contribution in [2.75, 3.05) is 31.1 Å². The molecule has 0 bridgehead atoms. The average molecular weight is 546 g/mol. The van der Waals surface area contributed by atoms with E-state index < -0.39 is 21.6 Å². The minimum Gasteiger partial charge on any atom is -0.445 e. The molecule has 10 heteroatoms. The zero-order chi connectivity index (χ0) is 27.6. The van der Waals surface area contributed by atoms with E-state index in [0.717, 1.165) is 16.8 Å². The van der Waals surface area contributed by atoms with E-state index in [1.807, 2.05) is 54.6 Å². The molecule has 1 heterocycles. The fourth-order valence-electron chi connectivity index (χ4n) is 4.93. The number of Topliss-reactive ketones (excluding diaryl/α,β-unsaturated/α-hetero) is 1. The molecular weight excluding hydrogens is 518 g/mol. The summed E-state index contributed by atoms with van der Waals surface area (Å²) in [6.45, 7) is 2.32. The summed E-state index contributed by atoms with van der Waals surface area (Å²) in [4.78, 5) is 42.2. The number of piperazine rings is 1.